The van der Waals surface area contributed by atoms with Gasteiger partial charge in [-0.15, -0.1) is 0 Å². The smallest absolute Gasteiger partial charge is 0.326 e. The molecule has 4 heteroatoms. The molecule has 1 aromatic rings. The number of urea groups is 1. The summed E-state index contributed by atoms with van der Waals surface area (Å²) in [6.07, 6.45) is 0. The summed E-state index contributed by atoms with van der Waals surface area (Å²) in [5.74, 6) is -0.207. The molecule has 1 aliphatic rings. The van der Waals surface area contributed by atoms with E-state index in [1.165, 1.54) is 0 Å². The lowest BCUT2D eigenvalue weighted by Gasteiger charge is -2.11. The zero-order valence-corrected chi connectivity index (χ0v) is 7.73. The number of amides is 3. The third-order valence-corrected chi connectivity index (χ3v) is 2.15. The number of rotatable bonds is 1. The maximum atomic E-state index is 11.6. The van der Waals surface area contributed by atoms with E-state index in [0.717, 1.165) is 4.90 Å². The second-order valence-corrected chi connectivity index (χ2v) is 3.18. The predicted octanol–water partition coefficient (Wildman–Crippen LogP) is 1.13. The Morgan fingerprint density at radius 3 is 2.36 bits per heavy atom. The zero-order valence-electron chi connectivity index (χ0n) is 7.73. The number of hydrogen-bond acceptors (Lipinski definition) is 2. The molecule has 0 radical (unpaired) electrons. The predicted molar refractivity (Wildman–Crippen MR) is 51.9 cm³/mol. The number of nitrogens with one attached hydrogen (secondary N) is 1. The van der Waals surface area contributed by atoms with E-state index in [-0.39, 0.29) is 11.9 Å². The molecule has 1 atom stereocenters. The second-order valence-electron chi connectivity index (χ2n) is 3.18. The topological polar surface area (TPSA) is 49.4 Å². The number of carbonyl (C=O) groups excluding carboxylic acids is 2. The summed E-state index contributed by atoms with van der Waals surface area (Å²) >= 11 is 0. The Hall–Kier alpha value is -1.84. The summed E-state index contributed by atoms with van der Waals surface area (Å²) < 4.78 is 0. The lowest BCUT2D eigenvalue weighted by Crippen LogP contribution is -2.30. The van der Waals surface area contributed by atoms with Crippen molar-refractivity contribution in [3.8, 4) is 0 Å². The summed E-state index contributed by atoms with van der Waals surface area (Å²) in [5.41, 5.74) is 0.611. The lowest BCUT2D eigenvalue weighted by molar-refractivity contribution is -0.117. The van der Waals surface area contributed by atoms with E-state index in [1.54, 1.807) is 31.2 Å². The number of imide groups is 1. The highest BCUT2D eigenvalue weighted by Gasteiger charge is 2.35. The van der Waals surface area contributed by atoms with Crippen molar-refractivity contribution in [2.75, 3.05) is 4.90 Å². The van der Waals surface area contributed by atoms with Gasteiger partial charge in [-0.2, -0.15) is 0 Å². The maximum Gasteiger partial charge on any atom is 0.329 e. The highest BCUT2D eigenvalue weighted by molar-refractivity contribution is 6.21. The van der Waals surface area contributed by atoms with E-state index >= 15 is 0 Å². The summed E-state index contributed by atoms with van der Waals surface area (Å²) in [6, 6.07) is 8.10. The van der Waals surface area contributed by atoms with Crippen molar-refractivity contribution in [1.82, 2.24) is 5.32 Å². The number of benzene rings is 1. The Morgan fingerprint density at radius 1 is 1.21 bits per heavy atom. The van der Waals surface area contributed by atoms with Crippen molar-refractivity contribution in [3.63, 3.8) is 0 Å². The van der Waals surface area contributed by atoms with Crippen LogP contribution in [0.2, 0.25) is 0 Å². The van der Waals surface area contributed by atoms with Crippen molar-refractivity contribution in [2.45, 2.75) is 13.0 Å². The van der Waals surface area contributed by atoms with Gasteiger partial charge in [0.15, 0.2) is 0 Å². The van der Waals surface area contributed by atoms with Gasteiger partial charge in [-0.25, -0.2) is 9.69 Å². The van der Waals surface area contributed by atoms with Gasteiger partial charge in [0.05, 0.1) is 5.69 Å². The molecule has 1 fully saturated rings. The third-order valence-electron chi connectivity index (χ3n) is 2.15. The monoisotopic (exact) mass is 190 g/mol. The molecule has 3 amide bonds. The van der Waals surface area contributed by atoms with E-state index in [4.69, 9.17) is 0 Å². The van der Waals surface area contributed by atoms with E-state index < -0.39 is 6.04 Å². The largest absolute Gasteiger partial charge is 0.329 e. The Kier molecular flexibility index (Phi) is 1.96. The van der Waals surface area contributed by atoms with E-state index in [9.17, 15) is 9.59 Å². The molecular weight excluding hydrogens is 180 g/mol. The Balaban J connectivity index is 2.36. The number of hydrogen-bond donors (Lipinski definition) is 1. The van der Waals surface area contributed by atoms with Crippen LogP contribution in [0.15, 0.2) is 30.3 Å². The van der Waals surface area contributed by atoms with Crippen LogP contribution in [0.25, 0.3) is 0 Å². The third kappa shape index (κ3) is 1.25. The molecule has 0 unspecified atom stereocenters. The fourth-order valence-electron chi connectivity index (χ4n) is 1.43. The minimum Gasteiger partial charge on any atom is -0.326 e. The average molecular weight is 190 g/mol. The minimum atomic E-state index is -0.428. The quantitative estimate of drug-likeness (QED) is 0.675. The van der Waals surface area contributed by atoms with Gasteiger partial charge in [0.2, 0.25) is 0 Å². The molecule has 1 aromatic carbocycles. The molecule has 1 aliphatic heterocycles. The fraction of sp³-hybridized carbons (Fsp3) is 0.200. The molecule has 2 rings (SSSR count). The van der Waals surface area contributed by atoms with Gasteiger partial charge < -0.3 is 5.32 Å². The highest BCUT2D eigenvalue weighted by atomic mass is 16.2. The Labute approximate surface area is 81.5 Å². The van der Waals surface area contributed by atoms with Gasteiger partial charge in [0.25, 0.3) is 5.91 Å². The summed E-state index contributed by atoms with van der Waals surface area (Å²) in [6.45, 7) is 1.67. The first kappa shape index (κ1) is 8.74. The lowest BCUT2D eigenvalue weighted by atomic mass is 10.3. The zero-order chi connectivity index (χ0) is 10.1. The van der Waals surface area contributed by atoms with Gasteiger partial charge in [0.1, 0.15) is 6.04 Å². The SMILES string of the molecule is C[C@@H]1NC(=O)N(c2ccccc2)C1=O. The second kappa shape index (κ2) is 3.14. The van der Waals surface area contributed by atoms with Crippen LogP contribution in [-0.2, 0) is 4.79 Å². The first-order valence-electron chi connectivity index (χ1n) is 4.39. The van der Waals surface area contributed by atoms with Crippen LogP contribution in [0.3, 0.4) is 0 Å². The van der Waals surface area contributed by atoms with Crippen LogP contribution < -0.4 is 10.2 Å². The molecule has 0 aliphatic carbocycles. The molecular formula is C10H10N2O2. The van der Waals surface area contributed by atoms with Gasteiger partial charge in [-0.05, 0) is 19.1 Å². The average Bonchev–Trinajstić information content (AvgIpc) is 2.43. The Bertz CT molecular complexity index is 375. The molecule has 0 saturated carbocycles. The first-order chi connectivity index (χ1) is 6.70. The molecule has 0 spiro atoms. The summed E-state index contributed by atoms with van der Waals surface area (Å²) in [7, 11) is 0. The molecule has 4 nitrogen and oxygen atoms in total. The van der Waals surface area contributed by atoms with Crippen LogP contribution >= 0.6 is 0 Å². The van der Waals surface area contributed by atoms with Gasteiger partial charge in [-0.1, -0.05) is 18.2 Å². The van der Waals surface area contributed by atoms with Crippen molar-refractivity contribution in [1.29, 1.82) is 0 Å². The van der Waals surface area contributed by atoms with Gasteiger partial charge >= 0.3 is 6.03 Å². The molecule has 1 saturated heterocycles. The van der Waals surface area contributed by atoms with Crippen LogP contribution in [0.1, 0.15) is 6.92 Å². The van der Waals surface area contributed by atoms with Crippen LogP contribution in [-0.4, -0.2) is 18.0 Å². The van der Waals surface area contributed by atoms with Crippen LogP contribution in [0.5, 0.6) is 0 Å². The van der Waals surface area contributed by atoms with Crippen molar-refractivity contribution in [2.24, 2.45) is 0 Å². The molecule has 1 heterocycles. The molecule has 0 aromatic heterocycles. The van der Waals surface area contributed by atoms with Crippen LogP contribution in [0, 0.1) is 0 Å². The van der Waals surface area contributed by atoms with E-state index in [0.29, 0.717) is 5.69 Å². The molecule has 1 N–H and O–H groups in total. The van der Waals surface area contributed by atoms with Crippen molar-refractivity contribution >= 4 is 17.6 Å². The summed E-state index contributed by atoms with van der Waals surface area (Å²) in [5, 5.41) is 2.55. The maximum absolute atomic E-state index is 11.6. The van der Waals surface area contributed by atoms with Crippen LogP contribution in [0.4, 0.5) is 10.5 Å². The number of carbonyl (C=O) groups is 2. The summed E-state index contributed by atoms with van der Waals surface area (Å²) in [4.78, 5) is 24.1. The standard InChI is InChI=1S/C10H10N2O2/c1-7-9(13)12(10(14)11-7)8-5-3-2-4-6-8/h2-7H,1H3,(H,11,14)/t7-/m0/s1. The molecule has 0 bridgehead atoms. The van der Waals surface area contributed by atoms with E-state index in [2.05, 4.69) is 5.32 Å². The Morgan fingerprint density at radius 2 is 1.86 bits per heavy atom. The normalized spacial score (nSPS) is 21.2. The highest BCUT2D eigenvalue weighted by Crippen LogP contribution is 2.18. The fourth-order valence-corrected chi connectivity index (χ4v) is 1.43. The minimum absolute atomic E-state index is 0.207. The molecule has 14 heavy (non-hydrogen) atoms. The van der Waals surface area contributed by atoms with Crippen molar-refractivity contribution < 1.29 is 9.59 Å². The van der Waals surface area contributed by atoms with E-state index in [1.807, 2.05) is 6.07 Å². The first-order valence-corrected chi connectivity index (χ1v) is 4.39. The number of para-hydroxylation sites is 1. The number of nitrogens with zero attached hydrogens (tertiary/aromatic N) is 1. The number of anilines is 1. The van der Waals surface area contributed by atoms with Gasteiger partial charge in [0, 0.05) is 0 Å². The van der Waals surface area contributed by atoms with Gasteiger partial charge in [-0.3, -0.25) is 4.79 Å². The molecule has 72 valence electrons. The van der Waals surface area contributed by atoms with Crippen molar-refractivity contribution in [3.05, 3.63) is 30.3 Å².